The lowest BCUT2D eigenvalue weighted by Gasteiger charge is -2.12. The third-order valence-electron chi connectivity index (χ3n) is 5.49. The number of nitrogens with zero attached hydrogens (tertiary/aromatic N) is 1. The maximum absolute atomic E-state index is 5.36. The molecule has 0 N–H and O–H groups in total. The van der Waals surface area contributed by atoms with Crippen LogP contribution in [0, 0.1) is 13.8 Å². The van der Waals surface area contributed by atoms with E-state index in [4.69, 9.17) is 4.74 Å². The Bertz CT molecular complexity index is 1240. The summed E-state index contributed by atoms with van der Waals surface area (Å²) in [5, 5.41) is 2.74. The Morgan fingerprint density at radius 2 is 1.00 bits per heavy atom. The summed E-state index contributed by atoms with van der Waals surface area (Å²) < 4.78 is 5.36. The van der Waals surface area contributed by atoms with E-state index in [2.05, 4.69) is 105 Å². The molecule has 0 saturated carbocycles. The molecule has 1 atom stereocenters. The van der Waals surface area contributed by atoms with Crippen molar-refractivity contribution in [3.8, 4) is 11.1 Å². The smallest absolute Gasteiger partial charge is 0.0675 e. The average molecular weight is 391 g/mol. The number of hydrogen-bond donors (Lipinski definition) is 0. The first kappa shape index (κ1) is 17.9. The Labute approximate surface area is 172 Å². The molecule has 0 saturated heterocycles. The molecule has 0 heterocycles. The van der Waals surface area contributed by atoms with E-state index in [1.807, 2.05) is 6.07 Å². The van der Waals surface area contributed by atoms with Crippen LogP contribution in [0.3, 0.4) is 0 Å². The minimum atomic E-state index is -0.906. The van der Waals surface area contributed by atoms with Crippen LogP contribution in [-0.4, -0.2) is 5.29 Å². The van der Waals surface area contributed by atoms with E-state index in [-0.39, 0.29) is 0 Å². The second-order valence-corrected chi connectivity index (χ2v) is 9.15. The van der Waals surface area contributed by atoms with Crippen molar-refractivity contribution < 1.29 is 0 Å². The highest BCUT2D eigenvalue weighted by Gasteiger charge is 2.25. The van der Waals surface area contributed by atoms with Gasteiger partial charge in [0.15, 0.2) is 0 Å². The van der Waals surface area contributed by atoms with Gasteiger partial charge in [0, 0.05) is 17.9 Å². The summed E-state index contributed by atoms with van der Waals surface area (Å²) in [6.45, 7) is 4.43. The molecule has 4 aromatic rings. The third-order valence-corrected chi connectivity index (χ3v) is 7.95. The molecule has 0 amide bonds. The summed E-state index contributed by atoms with van der Waals surface area (Å²) in [5.74, 6) is 0. The Kier molecular flexibility index (Phi) is 4.54. The fraction of sp³-hybridized carbons (Fsp3) is 0.0741. The van der Waals surface area contributed by atoms with Gasteiger partial charge in [-0.05, 0) is 59.4 Å². The molecule has 0 fully saturated rings. The first-order valence-electron chi connectivity index (χ1n) is 9.93. The highest BCUT2D eigenvalue weighted by atomic mass is 31.1. The van der Waals surface area contributed by atoms with Crippen LogP contribution in [0.2, 0.25) is 0 Å². The number of hydrogen-bond acceptors (Lipinski definition) is 1. The van der Waals surface area contributed by atoms with E-state index in [1.165, 1.54) is 44.0 Å². The maximum Gasteiger partial charge on any atom is 0.0675 e. The lowest BCUT2D eigenvalue weighted by atomic mass is 10.1. The van der Waals surface area contributed by atoms with Gasteiger partial charge in [-0.25, -0.2) is 4.74 Å². The van der Waals surface area contributed by atoms with Crippen LogP contribution in [0.15, 0.2) is 102 Å². The van der Waals surface area contributed by atoms with Gasteiger partial charge in [0.2, 0.25) is 0 Å². The third kappa shape index (κ3) is 3.09. The van der Waals surface area contributed by atoms with Crippen molar-refractivity contribution in [2.45, 2.75) is 13.8 Å². The van der Waals surface area contributed by atoms with Crippen molar-refractivity contribution in [1.29, 1.82) is 0 Å². The molecule has 0 aromatic heterocycles. The number of aryl methyl sites for hydroxylation is 2. The molecule has 1 nitrogen and oxygen atoms in total. The van der Waals surface area contributed by atoms with Crippen LogP contribution in [0.25, 0.3) is 11.1 Å². The maximum atomic E-state index is 5.36. The molecular weight excluding hydrogens is 369 g/mol. The number of benzene rings is 4. The van der Waals surface area contributed by atoms with E-state index >= 15 is 0 Å². The quantitative estimate of drug-likeness (QED) is 0.283. The first-order chi connectivity index (χ1) is 14.2. The van der Waals surface area contributed by atoms with Crippen molar-refractivity contribution >= 4 is 23.6 Å². The van der Waals surface area contributed by atoms with E-state index in [9.17, 15) is 0 Å². The Morgan fingerprint density at radius 3 is 1.55 bits per heavy atom. The van der Waals surface area contributed by atoms with Crippen LogP contribution < -0.4 is 5.30 Å². The summed E-state index contributed by atoms with van der Waals surface area (Å²) >= 11 is 0. The van der Waals surface area contributed by atoms with Crippen LogP contribution >= 0.6 is 7.34 Å². The van der Waals surface area contributed by atoms with Crippen LogP contribution in [-0.2, 0) is 0 Å². The average Bonchev–Trinajstić information content (AvgIpc) is 3.08. The molecule has 2 heteroatoms. The zero-order valence-electron chi connectivity index (χ0n) is 16.6. The molecule has 1 aliphatic rings. The minimum absolute atomic E-state index is 0.906. The first-order valence-corrected chi connectivity index (χ1v) is 11.2. The molecule has 0 bridgehead atoms. The fourth-order valence-corrected chi connectivity index (χ4v) is 6.64. The Morgan fingerprint density at radius 1 is 0.517 bits per heavy atom. The van der Waals surface area contributed by atoms with Crippen molar-refractivity contribution in [3.05, 3.63) is 119 Å². The van der Waals surface area contributed by atoms with Gasteiger partial charge in [-0.1, -0.05) is 84.9 Å². The van der Waals surface area contributed by atoms with E-state index in [0.29, 0.717) is 0 Å². The molecule has 29 heavy (non-hydrogen) atoms. The predicted molar refractivity (Wildman–Crippen MR) is 126 cm³/mol. The zero-order chi connectivity index (χ0) is 19.8. The number of fused-ring (bicyclic) bond motifs is 3. The van der Waals surface area contributed by atoms with E-state index < -0.39 is 7.34 Å². The summed E-state index contributed by atoms with van der Waals surface area (Å²) in [4.78, 5) is 0. The molecule has 0 radical (unpaired) electrons. The van der Waals surface area contributed by atoms with Crippen molar-refractivity contribution in [3.63, 3.8) is 0 Å². The van der Waals surface area contributed by atoms with Gasteiger partial charge in [-0.2, -0.15) is 0 Å². The van der Waals surface area contributed by atoms with Crippen molar-refractivity contribution in [1.82, 2.24) is 0 Å². The predicted octanol–water partition coefficient (Wildman–Crippen LogP) is 7.18. The van der Waals surface area contributed by atoms with Crippen molar-refractivity contribution in [2.75, 3.05) is 0 Å². The summed E-state index contributed by atoms with van der Waals surface area (Å²) in [7, 11) is -0.906. The molecule has 1 unspecified atom stereocenters. The fourth-order valence-electron chi connectivity index (χ4n) is 4.18. The van der Waals surface area contributed by atoms with Gasteiger partial charge in [-0.3, -0.25) is 0 Å². The molecule has 140 valence electrons. The Balaban J connectivity index is 1.97. The van der Waals surface area contributed by atoms with Crippen molar-refractivity contribution in [2.24, 2.45) is 4.74 Å². The lowest BCUT2D eigenvalue weighted by molar-refractivity contribution is 1.43. The van der Waals surface area contributed by atoms with Gasteiger partial charge in [0.1, 0.15) is 0 Å². The Hall–Kier alpha value is -3.15. The monoisotopic (exact) mass is 391 g/mol. The van der Waals surface area contributed by atoms with Gasteiger partial charge in [-0.15, -0.1) is 0 Å². The van der Waals surface area contributed by atoms with E-state index in [0.717, 1.165) is 5.69 Å². The normalized spacial score (nSPS) is 12.6. The summed E-state index contributed by atoms with van der Waals surface area (Å²) in [5.41, 5.74) is 8.94. The SMILES string of the molecule is Cc1cccc(C)c1P(=Nc1ccccc1)=C1c2ccccc2-c2ccccc21. The van der Waals surface area contributed by atoms with E-state index in [1.54, 1.807) is 0 Å². The molecular formula is C27H22NP. The van der Waals surface area contributed by atoms with Crippen LogP contribution in [0.5, 0.6) is 0 Å². The van der Waals surface area contributed by atoms with Gasteiger partial charge >= 0.3 is 0 Å². The molecule has 0 aliphatic heterocycles. The second-order valence-electron chi connectivity index (χ2n) is 7.43. The topological polar surface area (TPSA) is 12.4 Å². The summed E-state index contributed by atoms with van der Waals surface area (Å²) in [6, 6.07) is 34.5. The highest BCUT2D eigenvalue weighted by molar-refractivity contribution is 7.59. The lowest BCUT2D eigenvalue weighted by Crippen LogP contribution is -2.08. The second kappa shape index (κ2) is 7.35. The largest absolute Gasteiger partial charge is 0.232 e. The van der Waals surface area contributed by atoms with Gasteiger partial charge < -0.3 is 0 Å². The van der Waals surface area contributed by atoms with Crippen LogP contribution in [0.1, 0.15) is 22.3 Å². The summed E-state index contributed by atoms with van der Waals surface area (Å²) in [6.07, 6.45) is 0. The number of rotatable bonds is 2. The molecule has 1 aliphatic carbocycles. The molecule has 5 rings (SSSR count). The van der Waals surface area contributed by atoms with Gasteiger partial charge in [0.25, 0.3) is 0 Å². The standard InChI is InChI=1S/C27H22NP/c1-19-11-10-12-20(2)26(19)29(28-21-13-4-3-5-14-21)27-24-17-8-6-15-22(24)23-16-7-9-18-25(23)27/h3-18H,1-2H3. The minimum Gasteiger partial charge on any atom is -0.232 e. The van der Waals surface area contributed by atoms with Crippen LogP contribution in [0.4, 0.5) is 5.69 Å². The zero-order valence-corrected chi connectivity index (χ0v) is 17.5. The molecule has 4 aromatic carbocycles. The highest BCUT2D eigenvalue weighted by Crippen LogP contribution is 2.42. The van der Waals surface area contributed by atoms with Gasteiger partial charge in [0.05, 0.1) is 5.69 Å². The molecule has 0 spiro atoms.